The minimum Gasteiger partial charge on any atom is -0.275 e. The van der Waals surface area contributed by atoms with Gasteiger partial charge in [-0.1, -0.05) is 0 Å². The largest absolute Gasteiger partial charge is 0.359 e. The number of nitrogens with zero attached hydrogens (tertiary/aromatic N) is 2. The molecular formula is C17H26N6+2. The Morgan fingerprint density at radius 2 is 1.91 bits per heavy atom. The number of hydrogen-bond acceptors (Lipinski definition) is 4. The van der Waals surface area contributed by atoms with Crippen molar-refractivity contribution in [1.29, 1.82) is 0 Å². The molecule has 0 spiro atoms. The molecule has 3 rings (SSSR count). The number of benzene rings is 1. The third-order valence-electron chi connectivity index (χ3n) is 4.54. The molecule has 2 heterocycles. The van der Waals surface area contributed by atoms with Gasteiger partial charge in [0.1, 0.15) is 0 Å². The fourth-order valence-electron chi connectivity index (χ4n) is 2.73. The highest BCUT2D eigenvalue weighted by Crippen LogP contribution is 2.21. The topological polar surface area (TPSA) is 68.2 Å². The number of anilines is 1. The first-order valence-corrected chi connectivity index (χ1v) is 8.16. The molecule has 4 N–H and O–H groups in total. The SMILES string of the molecule is Cc1cc2nc(NC3=[NH+]C[NH+](C(C)C)CN3)nc(C)c2cc1C. The molecule has 0 fully saturated rings. The van der Waals surface area contributed by atoms with E-state index in [1.165, 1.54) is 16.0 Å². The van der Waals surface area contributed by atoms with E-state index in [1.807, 2.05) is 6.92 Å². The summed E-state index contributed by atoms with van der Waals surface area (Å²) in [6.45, 7) is 12.5. The molecule has 6 heteroatoms. The van der Waals surface area contributed by atoms with Crippen molar-refractivity contribution < 1.29 is 9.89 Å². The fourth-order valence-corrected chi connectivity index (χ4v) is 2.73. The lowest BCUT2D eigenvalue weighted by atomic mass is 10.1. The van der Waals surface area contributed by atoms with Crippen LogP contribution in [0.1, 0.15) is 30.7 Å². The van der Waals surface area contributed by atoms with Crippen LogP contribution in [-0.4, -0.2) is 35.3 Å². The van der Waals surface area contributed by atoms with Crippen LogP contribution in [0.5, 0.6) is 0 Å². The molecule has 23 heavy (non-hydrogen) atoms. The van der Waals surface area contributed by atoms with Crippen LogP contribution in [0.3, 0.4) is 0 Å². The molecule has 1 aliphatic heterocycles. The normalized spacial score (nSPS) is 18.0. The summed E-state index contributed by atoms with van der Waals surface area (Å²) in [7, 11) is 0. The Morgan fingerprint density at radius 1 is 1.17 bits per heavy atom. The molecule has 6 nitrogen and oxygen atoms in total. The molecule has 0 radical (unpaired) electrons. The number of aryl methyl sites for hydroxylation is 3. The van der Waals surface area contributed by atoms with E-state index in [1.54, 1.807) is 0 Å². The van der Waals surface area contributed by atoms with Gasteiger partial charge in [-0.25, -0.2) is 20.6 Å². The second-order valence-corrected chi connectivity index (χ2v) is 6.61. The van der Waals surface area contributed by atoms with E-state index in [9.17, 15) is 0 Å². The molecule has 0 aliphatic carbocycles. The highest BCUT2D eigenvalue weighted by atomic mass is 15.4. The van der Waals surface area contributed by atoms with Gasteiger partial charge in [-0.3, -0.25) is 4.90 Å². The molecule has 0 saturated heterocycles. The Balaban J connectivity index is 1.85. The quantitative estimate of drug-likeness (QED) is 0.587. The minimum absolute atomic E-state index is 0.585. The average Bonchev–Trinajstić information content (AvgIpc) is 2.50. The van der Waals surface area contributed by atoms with E-state index >= 15 is 0 Å². The summed E-state index contributed by atoms with van der Waals surface area (Å²) in [5.41, 5.74) is 4.49. The van der Waals surface area contributed by atoms with Crippen molar-refractivity contribution in [2.75, 3.05) is 18.7 Å². The predicted molar refractivity (Wildman–Crippen MR) is 92.3 cm³/mol. The summed E-state index contributed by atoms with van der Waals surface area (Å²) >= 11 is 0. The maximum absolute atomic E-state index is 4.66. The zero-order valence-corrected chi connectivity index (χ0v) is 14.5. The summed E-state index contributed by atoms with van der Waals surface area (Å²) in [6.07, 6.45) is 0. The van der Waals surface area contributed by atoms with Crippen LogP contribution in [0.4, 0.5) is 5.95 Å². The van der Waals surface area contributed by atoms with Crippen LogP contribution >= 0.6 is 0 Å². The van der Waals surface area contributed by atoms with Crippen molar-refractivity contribution in [2.24, 2.45) is 0 Å². The molecule has 1 aliphatic rings. The second-order valence-electron chi connectivity index (χ2n) is 6.61. The van der Waals surface area contributed by atoms with E-state index in [2.05, 4.69) is 65.4 Å². The summed E-state index contributed by atoms with van der Waals surface area (Å²) in [5.74, 6) is 1.50. The van der Waals surface area contributed by atoms with Crippen LogP contribution < -0.4 is 20.5 Å². The predicted octanol–water partition coefficient (Wildman–Crippen LogP) is -0.785. The van der Waals surface area contributed by atoms with E-state index in [0.717, 1.165) is 35.9 Å². The van der Waals surface area contributed by atoms with Gasteiger partial charge in [0.2, 0.25) is 0 Å². The van der Waals surface area contributed by atoms with E-state index in [4.69, 9.17) is 0 Å². The molecule has 1 aromatic carbocycles. The molecule has 1 unspecified atom stereocenters. The Morgan fingerprint density at radius 3 is 2.57 bits per heavy atom. The average molecular weight is 314 g/mol. The monoisotopic (exact) mass is 314 g/mol. The minimum atomic E-state index is 0.585. The van der Waals surface area contributed by atoms with Gasteiger partial charge in [-0.2, -0.15) is 4.98 Å². The molecule has 1 aromatic heterocycles. The Labute approximate surface area is 137 Å². The molecule has 2 aromatic rings. The lowest BCUT2D eigenvalue weighted by molar-refractivity contribution is -0.997. The number of quaternary nitrogens is 1. The fraction of sp³-hybridized carbons (Fsp3) is 0.471. The smallest absolute Gasteiger partial charge is 0.275 e. The number of fused-ring (bicyclic) bond motifs is 1. The molecular weight excluding hydrogens is 288 g/mol. The highest BCUT2D eigenvalue weighted by Gasteiger charge is 2.23. The van der Waals surface area contributed by atoms with Crippen molar-refractivity contribution in [3.63, 3.8) is 0 Å². The first-order chi connectivity index (χ1) is 10.9. The highest BCUT2D eigenvalue weighted by molar-refractivity contribution is 5.89. The van der Waals surface area contributed by atoms with Gasteiger partial charge in [0.05, 0.1) is 17.3 Å². The molecule has 0 bridgehead atoms. The van der Waals surface area contributed by atoms with Gasteiger partial charge in [-0.05, 0) is 57.9 Å². The summed E-state index contributed by atoms with van der Waals surface area (Å²) in [4.78, 5) is 14.1. The zero-order chi connectivity index (χ0) is 16.6. The summed E-state index contributed by atoms with van der Waals surface area (Å²) < 4.78 is 0. The maximum Gasteiger partial charge on any atom is 0.359 e. The van der Waals surface area contributed by atoms with Crippen LogP contribution in [-0.2, 0) is 0 Å². The Bertz CT molecular complexity index is 765. The van der Waals surface area contributed by atoms with Crippen molar-refractivity contribution >= 4 is 22.8 Å². The first-order valence-electron chi connectivity index (χ1n) is 8.16. The van der Waals surface area contributed by atoms with Gasteiger partial charge >= 0.3 is 5.96 Å². The molecule has 0 saturated carbocycles. The second kappa shape index (κ2) is 6.12. The standard InChI is InChI=1S/C17H24N6/c1-10(2)23-8-18-16(19-9-23)22-17-20-13(5)14-6-11(3)12(4)7-15(14)21-17/h6-7,10H,8-9H2,1-5H3,(H2,18,19,20,21,22)/p+2. The van der Waals surface area contributed by atoms with Crippen LogP contribution in [0, 0.1) is 20.8 Å². The van der Waals surface area contributed by atoms with Crippen LogP contribution in [0.25, 0.3) is 10.9 Å². The number of hydrogen-bond donors (Lipinski definition) is 4. The van der Waals surface area contributed by atoms with E-state index in [0.29, 0.717) is 12.0 Å². The van der Waals surface area contributed by atoms with Crippen molar-refractivity contribution in [3.05, 3.63) is 29.0 Å². The summed E-state index contributed by atoms with van der Waals surface area (Å²) in [5, 5.41) is 7.75. The van der Waals surface area contributed by atoms with Crippen molar-refractivity contribution in [2.45, 2.75) is 40.7 Å². The van der Waals surface area contributed by atoms with Gasteiger partial charge < -0.3 is 0 Å². The third kappa shape index (κ3) is 3.27. The lowest BCUT2D eigenvalue weighted by Crippen LogP contribution is -3.26. The Hall–Kier alpha value is -2.21. The van der Waals surface area contributed by atoms with Crippen molar-refractivity contribution in [1.82, 2.24) is 15.3 Å². The molecule has 1 atom stereocenters. The summed E-state index contributed by atoms with van der Waals surface area (Å²) in [6, 6.07) is 4.88. The Kier molecular flexibility index (Phi) is 4.17. The van der Waals surface area contributed by atoms with Gasteiger partial charge in [0.25, 0.3) is 5.95 Å². The maximum atomic E-state index is 4.66. The molecule has 0 amide bonds. The number of nitrogens with one attached hydrogen (secondary N) is 4. The zero-order valence-electron chi connectivity index (χ0n) is 14.5. The third-order valence-corrected chi connectivity index (χ3v) is 4.54. The first kappa shape index (κ1) is 15.7. The van der Waals surface area contributed by atoms with Crippen molar-refractivity contribution in [3.8, 4) is 0 Å². The van der Waals surface area contributed by atoms with Gasteiger partial charge in [0.15, 0.2) is 13.3 Å². The molecule has 122 valence electrons. The van der Waals surface area contributed by atoms with Crippen LogP contribution in [0.2, 0.25) is 0 Å². The van der Waals surface area contributed by atoms with Crippen LogP contribution in [0.15, 0.2) is 12.1 Å². The van der Waals surface area contributed by atoms with Gasteiger partial charge in [-0.15, -0.1) is 0 Å². The van der Waals surface area contributed by atoms with E-state index < -0.39 is 0 Å². The van der Waals surface area contributed by atoms with E-state index in [-0.39, 0.29) is 0 Å². The number of guanidine groups is 1. The number of aromatic nitrogens is 2. The number of rotatable bonds is 2. The lowest BCUT2D eigenvalue weighted by Gasteiger charge is -2.23. The van der Waals surface area contributed by atoms with Gasteiger partial charge in [0, 0.05) is 5.39 Å².